The van der Waals surface area contributed by atoms with E-state index in [1.807, 2.05) is 0 Å². The molecule has 10 heteroatoms. The van der Waals surface area contributed by atoms with Crippen LogP contribution in [0, 0.1) is 11.3 Å². The monoisotopic (exact) mass is 399 g/mol. The summed E-state index contributed by atoms with van der Waals surface area (Å²) in [6.45, 7) is 0.677. The highest BCUT2D eigenvalue weighted by molar-refractivity contribution is 6.30. The number of carbonyl (C=O) groups is 1. The summed E-state index contributed by atoms with van der Waals surface area (Å²) in [6, 6.07) is 8.05. The molecule has 0 aliphatic heterocycles. The first-order chi connectivity index (χ1) is 12.5. The van der Waals surface area contributed by atoms with Gasteiger partial charge in [0.2, 0.25) is 0 Å². The number of nitrogens with one attached hydrogen (secondary N) is 1. The van der Waals surface area contributed by atoms with Gasteiger partial charge < -0.3 is 15.2 Å². The van der Waals surface area contributed by atoms with E-state index < -0.39 is 35.5 Å². The Kier molecular flexibility index (Phi) is 5.93. The van der Waals surface area contributed by atoms with Crippen LogP contribution in [0.25, 0.3) is 0 Å². The summed E-state index contributed by atoms with van der Waals surface area (Å²) >= 11 is 5.73. The van der Waals surface area contributed by atoms with Gasteiger partial charge >= 0.3 is 6.18 Å². The van der Waals surface area contributed by atoms with Crippen molar-refractivity contribution in [2.24, 2.45) is 0 Å². The van der Waals surface area contributed by atoms with Gasteiger partial charge in [-0.05, 0) is 37.3 Å². The molecule has 1 atom stereocenters. The molecule has 2 rings (SSSR count). The number of alkyl halides is 3. The number of rotatable bonds is 5. The molecular formula is C17H13ClF3N3O3. The van der Waals surface area contributed by atoms with E-state index in [0.29, 0.717) is 16.8 Å². The number of amides is 1. The fraction of sp³-hybridized carbons (Fsp3) is 0.235. The molecule has 27 heavy (non-hydrogen) atoms. The molecule has 1 aromatic carbocycles. The van der Waals surface area contributed by atoms with Crippen molar-refractivity contribution in [3.8, 4) is 11.8 Å². The molecule has 0 saturated heterocycles. The number of pyridine rings is 1. The highest BCUT2D eigenvalue weighted by Gasteiger charge is 2.36. The standard InChI is InChI=1S/C17H13ClF3N3O3/c1-16(26,9-27-12-4-2-10(18)3-5-12)15(25)24-11-6-13(17(19,20)21)14(7-22)23-8-11/h2-6,8,26H,9H2,1H3,(H,24,25)/t16-/m0/s1. The molecule has 0 aliphatic rings. The summed E-state index contributed by atoms with van der Waals surface area (Å²) in [7, 11) is 0. The van der Waals surface area contributed by atoms with Gasteiger partial charge in [0.05, 0.1) is 17.4 Å². The van der Waals surface area contributed by atoms with Crippen LogP contribution in [0.2, 0.25) is 5.02 Å². The molecule has 0 saturated carbocycles. The zero-order chi connectivity index (χ0) is 20.2. The molecule has 2 aromatic rings. The Balaban J connectivity index is 2.11. The summed E-state index contributed by atoms with van der Waals surface area (Å²) in [5.41, 5.74) is -4.48. The number of carbonyl (C=O) groups excluding carboxylic acids is 1. The average Bonchev–Trinajstić information content (AvgIpc) is 2.60. The van der Waals surface area contributed by atoms with E-state index >= 15 is 0 Å². The van der Waals surface area contributed by atoms with Crippen LogP contribution < -0.4 is 10.1 Å². The second kappa shape index (κ2) is 7.82. The van der Waals surface area contributed by atoms with Gasteiger partial charge in [0.15, 0.2) is 11.3 Å². The molecule has 142 valence electrons. The Labute approximate surface area is 157 Å². The minimum Gasteiger partial charge on any atom is -0.490 e. The fourth-order valence-electron chi connectivity index (χ4n) is 1.92. The smallest absolute Gasteiger partial charge is 0.419 e. The van der Waals surface area contributed by atoms with E-state index in [0.717, 1.165) is 13.1 Å². The van der Waals surface area contributed by atoms with Crippen LogP contribution in [-0.2, 0) is 11.0 Å². The molecule has 2 N–H and O–H groups in total. The van der Waals surface area contributed by atoms with Crippen LogP contribution in [-0.4, -0.2) is 28.2 Å². The molecule has 1 amide bonds. The molecule has 6 nitrogen and oxygen atoms in total. The zero-order valence-corrected chi connectivity index (χ0v) is 14.6. The van der Waals surface area contributed by atoms with Crippen LogP contribution in [0.15, 0.2) is 36.5 Å². The second-order valence-electron chi connectivity index (χ2n) is 5.70. The van der Waals surface area contributed by atoms with Crippen molar-refractivity contribution in [3.05, 3.63) is 52.8 Å². The maximum atomic E-state index is 12.9. The van der Waals surface area contributed by atoms with Crippen molar-refractivity contribution in [1.82, 2.24) is 4.98 Å². The van der Waals surface area contributed by atoms with Crippen LogP contribution in [0.5, 0.6) is 5.75 Å². The van der Waals surface area contributed by atoms with Gasteiger partial charge in [0.25, 0.3) is 5.91 Å². The third-order valence-electron chi connectivity index (χ3n) is 3.38. The van der Waals surface area contributed by atoms with E-state index in [1.165, 1.54) is 18.2 Å². The highest BCUT2D eigenvalue weighted by Crippen LogP contribution is 2.32. The molecule has 0 radical (unpaired) electrons. The quantitative estimate of drug-likeness (QED) is 0.803. The van der Waals surface area contributed by atoms with E-state index in [1.54, 1.807) is 12.1 Å². The van der Waals surface area contributed by atoms with E-state index in [2.05, 4.69) is 10.3 Å². The van der Waals surface area contributed by atoms with Gasteiger partial charge in [0, 0.05) is 5.02 Å². The van der Waals surface area contributed by atoms with Crippen LogP contribution in [0.3, 0.4) is 0 Å². The molecule has 0 fully saturated rings. The fourth-order valence-corrected chi connectivity index (χ4v) is 2.05. The average molecular weight is 400 g/mol. The Morgan fingerprint density at radius 3 is 2.56 bits per heavy atom. The lowest BCUT2D eigenvalue weighted by molar-refractivity contribution is -0.138. The summed E-state index contributed by atoms with van der Waals surface area (Å²) in [5.74, 6) is -0.664. The minimum atomic E-state index is -4.82. The normalized spacial score (nSPS) is 13.4. The Morgan fingerprint density at radius 2 is 2.00 bits per heavy atom. The third kappa shape index (κ3) is 5.32. The number of halogens is 4. The van der Waals surface area contributed by atoms with Gasteiger partial charge in [0.1, 0.15) is 18.4 Å². The van der Waals surface area contributed by atoms with Crippen LogP contribution in [0.4, 0.5) is 18.9 Å². The SMILES string of the molecule is C[C@](O)(COc1ccc(Cl)cc1)C(=O)Nc1cnc(C#N)c(C(F)(F)F)c1. The summed E-state index contributed by atoms with van der Waals surface area (Å²) in [6.07, 6.45) is -3.93. The van der Waals surface area contributed by atoms with Crippen molar-refractivity contribution >= 4 is 23.2 Å². The van der Waals surface area contributed by atoms with Crippen molar-refractivity contribution in [2.75, 3.05) is 11.9 Å². The van der Waals surface area contributed by atoms with Crippen LogP contribution in [0.1, 0.15) is 18.2 Å². The van der Waals surface area contributed by atoms with Crippen molar-refractivity contribution in [2.45, 2.75) is 18.7 Å². The number of hydrogen-bond acceptors (Lipinski definition) is 5. The predicted molar refractivity (Wildman–Crippen MR) is 90.2 cm³/mol. The number of nitriles is 1. The van der Waals surface area contributed by atoms with Gasteiger partial charge in [-0.3, -0.25) is 4.79 Å². The first-order valence-corrected chi connectivity index (χ1v) is 7.80. The molecule has 1 aromatic heterocycles. The first-order valence-electron chi connectivity index (χ1n) is 7.42. The first kappa shape index (κ1) is 20.5. The Bertz CT molecular complexity index is 878. The van der Waals surface area contributed by atoms with Gasteiger partial charge in [-0.2, -0.15) is 18.4 Å². The number of ether oxygens (including phenoxy) is 1. The number of aliphatic hydroxyl groups is 1. The van der Waals surface area contributed by atoms with Crippen molar-refractivity contribution in [3.63, 3.8) is 0 Å². The van der Waals surface area contributed by atoms with Crippen molar-refractivity contribution < 1.29 is 27.8 Å². The largest absolute Gasteiger partial charge is 0.490 e. The second-order valence-corrected chi connectivity index (χ2v) is 6.14. The Hall–Kier alpha value is -2.83. The summed E-state index contributed by atoms with van der Waals surface area (Å²) in [4.78, 5) is 15.6. The third-order valence-corrected chi connectivity index (χ3v) is 3.63. The molecule has 0 bridgehead atoms. The zero-order valence-electron chi connectivity index (χ0n) is 13.8. The maximum Gasteiger partial charge on any atom is 0.419 e. The molecule has 1 heterocycles. The van der Waals surface area contributed by atoms with E-state index in [9.17, 15) is 23.1 Å². The van der Waals surface area contributed by atoms with E-state index in [4.69, 9.17) is 21.6 Å². The van der Waals surface area contributed by atoms with Gasteiger partial charge in [-0.15, -0.1) is 0 Å². The summed E-state index contributed by atoms with van der Waals surface area (Å²) in [5, 5.41) is 21.5. The van der Waals surface area contributed by atoms with Gasteiger partial charge in [-0.25, -0.2) is 4.98 Å². The number of aromatic nitrogens is 1. The maximum absolute atomic E-state index is 12.9. The lowest BCUT2D eigenvalue weighted by Crippen LogP contribution is -2.45. The number of anilines is 1. The van der Waals surface area contributed by atoms with Gasteiger partial charge in [-0.1, -0.05) is 11.6 Å². The Morgan fingerprint density at radius 1 is 1.37 bits per heavy atom. The topological polar surface area (TPSA) is 95.2 Å². The number of hydrogen-bond donors (Lipinski definition) is 2. The highest BCUT2D eigenvalue weighted by atomic mass is 35.5. The number of benzene rings is 1. The van der Waals surface area contributed by atoms with E-state index in [-0.39, 0.29) is 5.69 Å². The number of nitrogens with zero attached hydrogens (tertiary/aromatic N) is 2. The lowest BCUT2D eigenvalue weighted by atomic mass is 10.1. The molecule has 0 aliphatic carbocycles. The minimum absolute atomic E-state index is 0.321. The summed E-state index contributed by atoms with van der Waals surface area (Å²) < 4.78 is 44.1. The lowest BCUT2D eigenvalue weighted by Gasteiger charge is -2.22. The van der Waals surface area contributed by atoms with Crippen LogP contribution >= 0.6 is 11.6 Å². The predicted octanol–water partition coefficient (Wildman–Crippen LogP) is 3.39. The van der Waals surface area contributed by atoms with Crippen molar-refractivity contribution in [1.29, 1.82) is 5.26 Å². The molecule has 0 spiro atoms. The molecule has 0 unspecified atom stereocenters. The molecular weight excluding hydrogens is 387 g/mol.